The second-order valence-corrected chi connectivity index (χ2v) is 6.88. The molecule has 0 aromatic heterocycles. The van der Waals surface area contributed by atoms with Gasteiger partial charge in [0.25, 0.3) is 10.0 Å². The third kappa shape index (κ3) is 4.77. The van der Waals surface area contributed by atoms with Crippen LogP contribution >= 0.6 is 11.6 Å². The number of anilines is 1. The van der Waals surface area contributed by atoms with Crippen LogP contribution in [-0.2, 0) is 14.8 Å². The molecule has 0 fully saturated rings. The van der Waals surface area contributed by atoms with Crippen molar-refractivity contribution in [2.24, 2.45) is 0 Å². The summed E-state index contributed by atoms with van der Waals surface area (Å²) in [5.41, 5.74) is 0.269. The number of ether oxygens (including phenoxy) is 3. The molecule has 24 heavy (non-hydrogen) atoms. The van der Waals surface area contributed by atoms with Gasteiger partial charge in [-0.2, -0.15) is 0 Å². The molecular weight excluding hydrogens is 354 g/mol. The first-order valence-electron chi connectivity index (χ1n) is 7.04. The molecule has 0 spiro atoms. The smallest absolute Gasteiger partial charge is 0.262 e. The minimum atomic E-state index is -3.77. The normalized spacial score (nSPS) is 11.1. The van der Waals surface area contributed by atoms with Crippen LogP contribution in [0.25, 0.3) is 0 Å². The maximum absolute atomic E-state index is 12.5. The Kier molecular flexibility index (Phi) is 6.30. The summed E-state index contributed by atoms with van der Waals surface area (Å²) in [4.78, 5) is 0.101. The van der Waals surface area contributed by atoms with E-state index in [1.165, 1.54) is 25.3 Å². The van der Waals surface area contributed by atoms with Gasteiger partial charge in [-0.15, -0.1) is 0 Å². The molecule has 0 aliphatic rings. The summed E-state index contributed by atoms with van der Waals surface area (Å²) in [5, 5.41) is 0.399. The lowest BCUT2D eigenvalue weighted by molar-refractivity contribution is 0.146. The van der Waals surface area contributed by atoms with Crippen molar-refractivity contribution in [2.75, 3.05) is 32.2 Å². The zero-order chi connectivity index (χ0) is 17.6. The summed E-state index contributed by atoms with van der Waals surface area (Å²) in [7, 11) is -0.744. The van der Waals surface area contributed by atoms with Crippen molar-refractivity contribution in [1.29, 1.82) is 0 Å². The largest absolute Gasteiger partial charge is 0.495 e. The highest BCUT2D eigenvalue weighted by Gasteiger charge is 2.17. The molecule has 0 saturated heterocycles. The molecule has 0 atom stereocenters. The molecule has 0 aliphatic carbocycles. The van der Waals surface area contributed by atoms with Crippen LogP contribution in [0.15, 0.2) is 47.4 Å². The molecule has 2 aromatic rings. The highest BCUT2D eigenvalue weighted by Crippen LogP contribution is 2.30. The van der Waals surface area contributed by atoms with E-state index in [9.17, 15) is 8.42 Å². The van der Waals surface area contributed by atoms with E-state index >= 15 is 0 Å². The molecule has 1 N–H and O–H groups in total. The first kappa shape index (κ1) is 18.4. The van der Waals surface area contributed by atoms with Gasteiger partial charge in [-0.05, 0) is 42.5 Å². The summed E-state index contributed by atoms with van der Waals surface area (Å²) in [6, 6.07) is 10.8. The Labute approximate surface area is 146 Å². The number of hydrogen-bond donors (Lipinski definition) is 1. The predicted molar refractivity (Wildman–Crippen MR) is 92.6 cm³/mol. The molecule has 0 aliphatic heterocycles. The van der Waals surface area contributed by atoms with Crippen LogP contribution in [-0.4, -0.2) is 35.9 Å². The molecule has 0 heterocycles. The van der Waals surface area contributed by atoms with Crippen LogP contribution in [0.4, 0.5) is 5.69 Å². The van der Waals surface area contributed by atoms with Gasteiger partial charge in [0.15, 0.2) is 0 Å². The van der Waals surface area contributed by atoms with Crippen LogP contribution < -0.4 is 14.2 Å². The molecule has 0 amide bonds. The maximum Gasteiger partial charge on any atom is 0.262 e. The number of sulfonamides is 1. The van der Waals surface area contributed by atoms with E-state index < -0.39 is 10.0 Å². The Morgan fingerprint density at radius 2 is 1.75 bits per heavy atom. The average Bonchev–Trinajstić information content (AvgIpc) is 2.55. The van der Waals surface area contributed by atoms with E-state index in [0.717, 1.165) is 0 Å². The Morgan fingerprint density at radius 3 is 2.38 bits per heavy atom. The Balaban J connectivity index is 2.17. The van der Waals surface area contributed by atoms with Gasteiger partial charge in [0.1, 0.15) is 18.1 Å². The number of methoxy groups -OCH3 is 2. The van der Waals surface area contributed by atoms with Crippen molar-refractivity contribution in [3.05, 3.63) is 47.5 Å². The standard InChI is InChI=1S/C16H18ClNO5S/c1-21-9-10-23-13-4-6-14(7-5-13)24(19,20)18-15-11-12(17)3-8-16(15)22-2/h3-8,11,18H,9-10H2,1-2H3. The Morgan fingerprint density at radius 1 is 1.04 bits per heavy atom. The fourth-order valence-corrected chi connectivity index (χ4v) is 3.15. The Hall–Kier alpha value is -1.96. The van der Waals surface area contributed by atoms with Crippen molar-refractivity contribution in [1.82, 2.24) is 0 Å². The zero-order valence-electron chi connectivity index (χ0n) is 13.3. The van der Waals surface area contributed by atoms with Crippen LogP contribution in [0.3, 0.4) is 0 Å². The minimum Gasteiger partial charge on any atom is -0.495 e. The van der Waals surface area contributed by atoms with Crippen LogP contribution in [0.1, 0.15) is 0 Å². The van der Waals surface area contributed by atoms with E-state index in [1.807, 2.05) is 0 Å². The predicted octanol–water partition coefficient (Wildman–Crippen LogP) is 3.17. The zero-order valence-corrected chi connectivity index (χ0v) is 14.9. The number of benzene rings is 2. The second-order valence-electron chi connectivity index (χ2n) is 4.76. The SMILES string of the molecule is COCCOc1ccc(S(=O)(=O)Nc2cc(Cl)ccc2OC)cc1. The van der Waals surface area contributed by atoms with Gasteiger partial charge in [-0.3, -0.25) is 4.72 Å². The van der Waals surface area contributed by atoms with Crippen molar-refractivity contribution in [3.8, 4) is 11.5 Å². The van der Waals surface area contributed by atoms with Crippen molar-refractivity contribution < 1.29 is 22.6 Å². The molecule has 0 unspecified atom stereocenters. The lowest BCUT2D eigenvalue weighted by atomic mass is 10.3. The molecule has 0 bridgehead atoms. The van der Waals surface area contributed by atoms with Gasteiger partial charge in [0.2, 0.25) is 0 Å². The lowest BCUT2D eigenvalue weighted by Crippen LogP contribution is -2.13. The average molecular weight is 372 g/mol. The van der Waals surface area contributed by atoms with Crippen molar-refractivity contribution in [3.63, 3.8) is 0 Å². The van der Waals surface area contributed by atoms with Crippen LogP contribution in [0.2, 0.25) is 5.02 Å². The highest BCUT2D eigenvalue weighted by atomic mass is 35.5. The van der Waals surface area contributed by atoms with Crippen molar-refractivity contribution >= 4 is 27.3 Å². The summed E-state index contributed by atoms with van der Waals surface area (Å²) >= 11 is 5.91. The molecule has 130 valence electrons. The highest BCUT2D eigenvalue weighted by molar-refractivity contribution is 7.92. The molecule has 2 aromatic carbocycles. The van der Waals surface area contributed by atoms with Gasteiger partial charge in [0, 0.05) is 12.1 Å². The van der Waals surface area contributed by atoms with Gasteiger partial charge >= 0.3 is 0 Å². The third-order valence-electron chi connectivity index (χ3n) is 3.10. The molecule has 0 saturated carbocycles. The number of hydrogen-bond acceptors (Lipinski definition) is 5. The monoisotopic (exact) mass is 371 g/mol. The Bertz CT molecular complexity index is 778. The second kappa shape index (κ2) is 8.23. The van der Waals surface area contributed by atoms with Gasteiger partial charge in [-0.25, -0.2) is 8.42 Å². The topological polar surface area (TPSA) is 73.9 Å². The third-order valence-corrected chi connectivity index (χ3v) is 4.71. The van der Waals surface area contributed by atoms with Gasteiger partial charge in [-0.1, -0.05) is 11.6 Å². The first-order chi connectivity index (χ1) is 11.5. The molecule has 2 rings (SSSR count). The first-order valence-corrected chi connectivity index (χ1v) is 8.90. The minimum absolute atomic E-state index is 0.101. The molecule has 6 nitrogen and oxygen atoms in total. The summed E-state index contributed by atoms with van der Waals surface area (Å²) in [5.74, 6) is 0.939. The van der Waals surface area contributed by atoms with E-state index in [2.05, 4.69) is 4.72 Å². The van der Waals surface area contributed by atoms with Gasteiger partial charge < -0.3 is 14.2 Å². The van der Waals surface area contributed by atoms with E-state index in [4.69, 9.17) is 25.8 Å². The van der Waals surface area contributed by atoms with E-state index in [0.29, 0.717) is 29.7 Å². The molecule has 8 heteroatoms. The fraction of sp³-hybridized carbons (Fsp3) is 0.250. The fourth-order valence-electron chi connectivity index (χ4n) is 1.92. The number of nitrogens with one attached hydrogen (secondary N) is 1. The maximum atomic E-state index is 12.5. The van der Waals surface area contributed by atoms with Crippen LogP contribution in [0, 0.1) is 0 Å². The lowest BCUT2D eigenvalue weighted by Gasteiger charge is -2.12. The number of rotatable bonds is 8. The summed E-state index contributed by atoms with van der Waals surface area (Å²) in [6.45, 7) is 0.844. The van der Waals surface area contributed by atoms with E-state index in [-0.39, 0.29) is 10.6 Å². The van der Waals surface area contributed by atoms with Crippen LogP contribution in [0.5, 0.6) is 11.5 Å². The summed E-state index contributed by atoms with van der Waals surface area (Å²) < 4.78 is 42.9. The summed E-state index contributed by atoms with van der Waals surface area (Å²) in [6.07, 6.45) is 0. The van der Waals surface area contributed by atoms with Gasteiger partial charge in [0.05, 0.1) is 24.3 Å². The molecule has 0 radical (unpaired) electrons. The van der Waals surface area contributed by atoms with Crippen molar-refractivity contribution in [2.45, 2.75) is 4.90 Å². The quantitative estimate of drug-likeness (QED) is 0.721. The van der Waals surface area contributed by atoms with E-state index in [1.54, 1.807) is 31.4 Å². The number of halogens is 1. The molecular formula is C16H18ClNO5S.